The highest BCUT2D eigenvalue weighted by atomic mass is 16.5. The summed E-state index contributed by atoms with van der Waals surface area (Å²) in [6.07, 6.45) is 1.64. The highest BCUT2D eigenvalue weighted by Crippen LogP contribution is 2.28. The predicted octanol–water partition coefficient (Wildman–Crippen LogP) is 1.66. The summed E-state index contributed by atoms with van der Waals surface area (Å²) >= 11 is 0. The van der Waals surface area contributed by atoms with Crippen molar-refractivity contribution in [1.29, 1.82) is 0 Å². The topological polar surface area (TPSA) is 102 Å². The largest absolute Gasteiger partial charge is 0.497 e. The molecule has 2 amide bonds. The van der Waals surface area contributed by atoms with E-state index in [0.29, 0.717) is 18.0 Å². The van der Waals surface area contributed by atoms with Crippen LogP contribution in [0.2, 0.25) is 0 Å². The number of tetrazole rings is 1. The van der Waals surface area contributed by atoms with E-state index in [2.05, 4.69) is 20.8 Å². The molecule has 3 aromatic rings. The lowest BCUT2D eigenvalue weighted by atomic mass is 10.1. The molecule has 1 aliphatic rings. The number of carbonyl (C=O) groups is 2. The maximum Gasteiger partial charge on any atom is 0.229 e. The lowest BCUT2D eigenvalue weighted by Gasteiger charge is -2.17. The van der Waals surface area contributed by atoms with Crippen LogP contribution in [-0.4, -0.2) is 45.7 Å². The molecule has 1 N–H and O–H groups in total. The standard InChI is InChI=1S/C19H18N6O3/c1-28-17-7-3-5-15(10-17)24-11-13(8-18(24)26)19(27)21-14-4-2-6-16(9-14)25-12-20-22-23-25/h2-7,9-10,12-13H,8,11H2,1H3,(H,21,27). The fourth-order valence-electron chi connectivity index (χ4n) is 3.16. The number of aromatic nitrogens is 4. The molecule has 1 saturated heterocycles. The molecule has 1 fully saturated rings. The average molecular weight is 378 g/mol. The summed E-state index contributed by atoms with van der Waals surface area (Å²) in [5, 5.41) is 13.9. The van der Waals surface area contributed by atoms with Gasteiger partial charge in [0.05, 0.1) is 18.7 Å². The van der Waals surface area contributed by atoms with Crippen molar-refractivity contribution in [2.75, 3.05) is 23.9 Å². The molecular weight excluding hydrogens is 360 g/mol. The van der Waals surface area contributed by atoms with Crippen LogP contribution < -0.4 is 15.0 Å². The van der Waals surface area contributed by atoms with Crippen LogP contribution in [0.3, 0.4) is 0 Å². The first-order valence-electron chi connectivity index (χ1n) is 8.73. The lowest BCUT2D eigenvalue weighted by molar-refractivity contribution is -0.122. The van der Waals surface area contributed by atoms with E-state index in [1.165, 1.54) is 11.0 Å². The Morgan fingerprint density at radius 1 is 1.18 bits per heavy atom. The highest BCUT2D eigenvalue weighted by molar-refractivity contribution is 6.03. The smallest absolute Gasteiger partial charge is 0.229 e. The van der Waals surface area contributed by atoms with E-state index in [9.17, 15) is 9.59 Å². The maximum atomic E-state index is 12.7. The van der Waals surface area contributed by atoms with Gasteiger partial charge < -0.3 is 15.0 Å². The monoisotopic (exact) mass is 378 g/mol. The predicted molar refractivity (Wildman–Crippen MR) is 101 cm³/mol. The van der Waals surface area contributed by atoms with Crippen molar-refractivity contribution >= 4 is 23.2 Å². The van der Waals surface area contributed by atoms with Crippen LogP contribution in [0.5, 0.6) is 5.75 Å². The molecule has 28 heavy (non-hydrogen) atoms. The molecule has 1 aromatic heterocycles. The number of carbonyl (C=O) groups excluding carboxylic acids is 2. The van der Waals surface area contributed by atoms with E-state index in [-0.39, 0.29) is 18.2 Å². The fraction of sp³-hybridized carbons (Fsp3) is 0.211. The van der Waals surface area contributed by atoms with Gasteiger partial charge in [-0.15, -0.1) is 5.10 Å². The average Bonchev–Trinajstić information content (AvgIpc) is 3.38. The van der Waals surface area contributed by atoms with Gasteiger partial charge in [0, 0.05) is 30.4 Å². The van der Waals surface area contributed by atoms with Crippen molar-refractivity contribution in [3.05, 3.63) is 54.9 Å². The number of hydrogen-bond donors (Lipinski definition) is 1. The molecule has 4 rings (SSSR count). The summed E-state index contributed by atoms with van der Waals surface area (Å²) in [6.45, 7) is 0.324. The van der Waals surface area contributed by atoms with Gasteiger partial charge in [-0.2, -0.15) is 0 Å². The summed E-state index contributed by atoms with van der Waals surface area (Å²) in [5.74, 6) is -0.0588. The third kappa shape index (κ3) is 3.54. The van der Waals surface area contributed by atoms with Crippen molar-refractivity contribution in [2.45, 2.75) is 6.42 Å². The van der Waals surface area contributed by atoms with E-state index in [1.807, 2.05) is 24.3 Å². The zero-order chi connectivity index (χ0) is 19.5. The van der Waals surface area contributed by atoms with Crippen LogP contribution in [0.4, 0.5) is 11.4 Å². The number of hydrogen-bond acceptors (Lipinski definition) is 6. The van der Waals surface area contributed by atoms with Gasteiger partial charge in [-0.25, -0.2) is 4.68 Å². The Balaban J connectivity index is 1.46. The Hall–Kier alpha value is -3.75. The number of ether oxygens (including phenoxy) is 1. The van der Waals surface area contributed by atoms with E-state index in [0.717, 1.165) is 11.4 Å². The normalized spacial score (nSPS) is 16.2. The van der Waals surface area contributed by atoms with Crippen molar-refractivity contribution < 1.29 is 14.3 Å². The first-order chi connectivity index (χ1) is 13.6. The van der Waals surface area contributed by atoms with Gasteiger partial charge in [0.15, 0.2) is 0 Å². The summed E-state index contributed by atoms with van der Waals surface area (Å²) in [6, 6.07) is 14.4. The summed E-state index contributed by atoms with van der Waals surface area (Å²) in [5.41, 5.74) is 2.06. The zero-order valence-electron chi connectivity index (χ0n) is 15.1. The number of nitrogens with zero attached hydrogens (tertiary/aromatic N) is 5. The molecule has 142 valence electrons. The minimum atomic E-state index is -0.435. The Labute approximate surface area is 160 Å². The van der Waals surface area contributed by atoms with Crippen molar-refractivity contribution in [3.8, 4) is 11.4 Å². The molecule has 0 aliphatic carbocycles. The van der Waals surface area contributed by atoms with Crippen LogP contribution in [0.1, 0.15) is 6.42 Å². The first-order valence-corrected chi connectivity index (χ1v) is 8.73. The zero-order valence-corrected chi connectivity index (χ0v) is 15.1. The molecule has 1 aliphatic heterocycles. The molecule has 1 atom stereocenters. The molecule has 2 heterocycles. The Bertz CT molecular complexity index is 1000. The number of benzene rings is 2. The van der Waals surface area contributed by atoms with Crippen molar-refractivity contribution in [2.24, 2.45) is 5.92 Å². The molecule has 0 radical (unpaired) electrons. The number of amides is 2. The molecular formula is C19H18N6O3. The highest BCUT2D eigenvalue weighted by Gasteiger charge is 2.35. The van der Waals surface area contributed by atoms with Crippen LogP contribution in [0.25, 0.3) is 5.69 Å². The molecule has 0 spiro atoms. The van der Waals surface area contributed by atoms with Gasteiger partial charge in [-0.3, -0.25) is 9.59 Å². The lowest BCUT2D eigenvalue weighted by Crippen LogP contribution is -2.28. The van der Waals surface area contributed by atoms with Crippen molar-refractivity contribution in [3.63, 3.8) is 0 Å². The first kappa shape index (κ1) is 17.7. The van der Waals surface area contributed by atoms with E-state index >= 15 is 0 Å². The van der Waals surface area contributed by atoms with Crippen LogP contribution in [-0.2, 0) is 9.59 Å². The molecule has 0 saturated carbocycles. The van der Waals surface area contributed by atoms with Gasteiger partial charge in [0.25, 0.3) is 0 Å². The molecule has 2 aromatic carbocycles. The van der Waals surface area contributed by atoms with Crippen LogP contribution >= 0.6 is 0 Å². The van der Waals surface area contributed by atoms with Gasteiger partial charge in [-0.1, -0.05) is 12.1 Å². The van der Waals surface area contributed by atoms with E-state index in [4.69, 9.17) is 4.74 Å². The van der Waals surface area contributed by atoms with E-state index in [1.54, 1.807) is 36.3 Å². The number of methoxy groups -OCH3 is 1. The number of anilines is 2. The third-order valence-electron chi connectivity index (χ3n) is 4.59. The van der Waals surface area contributed by atoms with Gasteiger partial charge in [-0.05, 0) is 40.8 Å². The molecule has 1 unspecified atom stereocenters. The summed E-state index contributed by atoms with van der Waals surface area (Å²) in [4.78, 5) is 26.7. The van der Waals surface area contributed by atoms with Crippen LogP contribution in [0, 0.1) is 5.92 Å². The summed E-state index contributed by atoms with van der Waals surface area (Å²) in [7, 11) is 1.57. The number of nitrogens with one attached hydrogen (secondary N) is 1. The molecule has 9 nitrogen and oxygen atoms in total. The Morgan fingerprint density at radius 3 is 2.79 bits per heavy atom. The quantitative estimate of drug-likeness (QED) is 0.724. The SMILES string of the molecule is COc1cccc(N2CC(C(=O)Nc3cccc(-n4cnnn4)c3)CC2=O)c1. The Kier molecular flexibility index (Phi) is 4.71. The second-order valence-corrected chi connectivity index (χ2v) is 6.40. The van der Waals surface area contributed by atoms with Crippen LogP contribution in [0.15, 0.2) is 54.9 Å². The minimum absolute atomic E-state index is 0.0872. The van der Waals surface area contributed by atoms with Gasteiger partial charge in [0.1, 0.15) is 12.1 Å². The maximum absolute atomic E-state index is 12.7. The third-order valence-corrected chi connectivity index (χ3v) is 4.59. The minimum Gasteiger partial charge on any atom is -0.497 e. The van der Waals surface area contributed by atoms with E-state index < -0.39 is 5.92 Å². The number of rotatable bonds is 5. The molecule has 0 bridgehead atoms. The second kappa shape index (κ2) is 7.47. The molecule has 9 heteroatoms. The summed E-state index contributed by atoms with van der Waals surface area (Å²) < 4.78 is 6.71. The van der Waals surface area contributed by atoms with Gasteiger partial charge in [0.2, 0.25) is 11.8 Å². The fourth-order valence-corrected chi connectivity index (χ4v) is 3.16. The van der Waals surface area contributed by atoms with Gasteiger partial charge >= 0.3 is 0 Å². The Morgan fingerprint density at radius 2 is 2.00 bits per heavy atom. The van der Waals surface area contributed by atoms with Crippen molar-refractivity contribution in [1.82, 2.24) is 20.2 Å². The second-order valence-electron chi connectivity index (χ2n) is 6.40.